The highest BCUT2D eigenvalue weighted by atomic mass is 16.7. The maximum atomic E-state index is 14.4. The van der Waals surface area contributed by atoms with E-state index >= 15 is 0 Å². The van der Waals surface area contributed by atoms with Crippen molar-refractivity contribution in [2.24, 2.45) is 17.8 Å². The summed E-state index contributed by atoms with van der Waals surface area (Å²) in [4.78, 5) is 62.8. The molecule has 3 N–H and O–H groups in total. The Morgan fingerprint density at radius 1 is 1.07 bits per heavy atom. The van der Waals surface area contributed by atoms with Gasteiger partial charge in [0.15, 0.2) is 17.7 Å². The average Bonchev–Trinajstić information content (AvgIpc) is 3.48. The van der Waals surface area contributed by atoms with E-state index in [0.717, 1.165) is 22.2 Å². The number of aromatic nitrogens is 1. The van der Waals surface area contributed by atoms with Gasteiger partial charge in [-0.15, -0.1) is 0 Å². The lowest BCUT2D eigenvalue weighted by atomic mass is 9.78. The number of amides is 2. The maximum absolute atomic E-state index is 14.4. The monoisotopic (exact) mass is 841 g/mol. The summed E-state index contributed by atoms with van der Waals surface area (Å²) in [6.45, 7) is 14.2. The molecule has 0 aliphatic carbocycles. The van der Waals surface area contributed by atoms with Crippen LogP contribution in [0.25, 0.3) is 10.9 Å². The molecule has 0 radical (unpaired) electrons. The molecule has 0 spiro atoms. The number of pyridine rings is 1. The first-order valence-electron chi connectivity index (χ1n) is 21.2. The Morgan fingerprint density at radius 3 is 2.43 bits per heavy atom. The Labute approximate surface area is 354 Å². The van der Waals surface area contributed by atoms with Gasteiger partial charge in [0.2, 0.25) is 5.91 Å². The van der Waals surface area contributed by atoms with Gasteiger partial charge >= 0.3 is 12.1 Å². The van der Waals surface area contributed by atoms with Crippen molar-refractivity contribution in [2.75, 3.05) is 34.9 Å². The van der Waals surface area contributed by atoms with Crippen LogP contribution in [-0.4, -0.2) is 139 Å². The Kier molecular flexibility index (Phi) is 15.2. The molecular formula is C44H67N5O11. The molecule has 2 amide bonds. The van der Waals surface area contributed by atoms with Crippen molar-refractivity contribution in [3.05, 3.63) is 36.0 Å². The summed E-state index contributed by atoms with van der Waals surface area (Å²) in [5.41, 5.74) is 2.43. The molecule has 3 fully saturated rings. The summed E-state index contributed by atoms with van der Waals surface area (Å²) in [6.07, 6.45) is -1.25. The number of aryl methyl sites for hydroxylation is 1. The van der Waals surface area contributed by atoms with Gasteiger partial charge in [-0.1, -0.05) is 20.8 Å². The molecule has 0 saturated carbocycles. The molecule has 2 aromatic rings. The van der Waals surface area contributed by atoms with Crippen LogP contribution in [0.3, 0.4) is 0 Å². The third kappa shape index (κ3) is 9.74. The summed E-state index contributed by atoms with van der Waals surface area (Å²) in [6, 6.07) is 5.89. The smallest absolute Gasteiger partial charge is 0.425 e. The number of nitrogens with one attached hydrogen (secondary N) is 2. The second-order valence-electron chi connectivity index (χ2n) is 17.5. The molecule has 1 unspecified atom stereocenters. The van der Waals surface area contributed by atoms with Gasteiger partial charge in [0.1, 0.15) is 29.9 Å². The zero-order chi connectivity index (χ0) is 44.3. The van der Waals surface area contributed by atoms with E-state index in [9.17, 15) is 24.3 Å². The van der Waals surface area contributed by atoms with E-state index in [1.807, 2.05) is 50.2 Å². The number of fused-ring (bicyclic) bond motifs is 2. The quantitative estimate of drug-likeness (QED) is 0.166. The Balaban J connectivity index is 1.43. The van der Waals surface area contributed by atoms with E-state index in [4.69, 9.17) is 28.4 Å². The fraction of sp³-hybridized carbons (Fsp3) is 0.705. The summed E-state index contributed by atoms with van der Waals surface area (Å²) in [7, 11) is 6.83. The van der Waals surface area contributed by atoms with Gasteiger partial charge in [0.05, 0.1) is 36.5 Å². The second-order valence-corrected chi connectivity index (χ2v) is 17.5. The molecule has 1 aromatic carbocycles. The Hall–Kier alpha value is -3.93. The predicted molar refractivity (Wildman–Crippen MR) is 223 cm³/mol. The topological polar surface area (TPSA) is 187 Å². The number of likely N-dealkylation sites (N-methyl/N-ethyl adjacent to an activating group) is 1. The van der Waals surface area contributed by atoms with E-state index in [0.29, 0.717) is 25.8 Å². The number of Topliss-reactive ketones (excluding diaryl/α,β-unsaturated/α-hetero) is 1. The number of hydrogen-bond donors (Lipinski definition) is 3. The zero-order valence-electron chi connectivity index (χ0n) is 37.4. The van der Waals surface area contributed by atoms with E-state index in [-0.39, 0.29) is 30.9 Å². The molecule has 13 atom stereocenters. The van der Waals surface area contributed by atoms with Crippen molar-refractivity contribution in [3.63, 3.8) is 0 Å². The van der Waals surface area contributed by atoms with Crippen molar-refractivity contribution >= 4 is 34.7 Å². The number of nitrogens with zero attached hydrogens (tertiary/aromatic N) is 3. The normalized spacial score (nSPS) is 36.0. The zero-order valence-corrected chi connectivity index (χ0v) is 37.4. The van der Waals surface area contributed by atoms with Gasteiger partial charge in [0.25, 0.3) is 0 Å². The van der Waals surface area contributed by atoms with Crippen LogP contribution in [0.2, 0.25) is 0 Å². The van der Waals surface area contributed by atoms with Crippen LogP contribution < -0.4 is 15.5 Å². The number of ether oxygens (including phenoxy) is 6. The molecule has 0 bridgehead atoms. The molecule has 16 nitrogen and oxygen atoms in total. The van der Waals surface area contributed by atoms with Crippen molar-refractivity contribution in [1.82, 2.24) is 25.6 Å². The molecule has 3 aliphatic rings. The number of ketones is 1. The number of rotatable bonds is 11. The van der Waals surface area contributed by atoms with Gasteiger partial charge in [0, 0.05) is 49.2 Å². The van der Waals surface area contributed by atoms with E-state index in [1.165, 1.54) is 19.0 Å². The lowest BCUT2D eigenvalue weighted by Gasteiger charge is -2.46. The minimum absolute atomic E-state index is 0.0893. The van der Waals surface area contributed by atoms with Crippen LogP contribution in [-0.2, 0) is 44.5 Å². The minimum atomic E-state index is -1.44. The average molecular weight is 842 g/mol. The van der Waals surface area contributed by atoms with E-state index in [2.05, 4.69) is 15.7 Å². The highest BCUT2D eigenvalue weighted by molar-refractivity contribution is 6.00. The number of hydrogen-bond acceptors (Lipinski definition) is 14. The van der Waals surface area contributed by atoms with Crippen molar-refractivity contribution in [2.45, 2.75) is 148 Å². The molecule has 5 rings (SSSR count). The molecule has 60 heavy (non-hydrogen) atoms. The van der Waals surface area contributed by atoms with Crippen LogP contribution in [0, 0.1) is 17.8 Å². The molecular weight excluding hydrogens is 775 g/mol. The fourth-order valence-electron chi connectivity index (χ4n) is 9.38. The van der Waals surface area contributed by atoms with Crippen molar-refractivity contribution in [3.8, 4) is 5.75 Å². The number of aliphatic hydroxyl groups is 1. The first-order valence-corrected chi connectivity index (χ1v) is 21.2. The number of hydrazine groups is 1. The van der Waals surface area contributed by atoms with E-state index < -0.39 is 83.5 Å². The molecule has 3 saturated heterocycles. The number of cyclic esters (lactones) is 1. The fourth-order valence-corrected chi connectivity index (χ4v) is 9.38. The number of carbonyl (C=O) groups excluding carboxylic acids is 4. The van der Waals surface area contributed by atoms with Gasteiger partial charge in [-0.3, -0.25) is 19.4 Å². The number of methoxy groups -OCH3 is 2. The molecule has 334 valence electrons. The van der Waals surface area contributed by atoms with Crippen LogP contribution in [0.1, 0.15) is 86.6 Å². The van der Waals surface area contributed by atoms with Crippen molar-refractivity contribution < 1.29 is 52.7 Å². The SMILES string of the molecule is CC[C@H]1OC(=O)[C@H](C)C(=O)[C@H](C)[C@@H](O[C@@H]2O[C@H](C)C[C@H](N(C)C)[C@H]2O)[C@@](C)(OC)C[C@@H](C)C(=O)NC(C)[C@H]2N(NCCCc3ccnc4cc(OC)ccc34)C(=O)O[C@]12C. The third-order valence-corrected chi connectivity index (χ3v) is 12.9. The highest BCUT2D eigenvalue weighted by Gasteiger charge is 2.59. The lowest BCUT2D eigenvalue weighted by Crippen LogP contribution is -2.63. The number of benzene rings is 1. The van der Waals surface area contributed by atoms with Gasteiger partial charge < -0.3 is 43.7 Å². The molecule has 3 aliphatic heterocycles. The van der Waals surface area contributed by atoms with Crippen LogP contribution in [0.5, 0.6) is 5.75 Å². The third-order valence-electron chi connectivity index (χ3n) is 12.9. The standard InChI is InChI=1S/C44H67N5O11/c1-13-34-44(8)37(49(42(54)60-44)46-19-14-15-29-18-20-45-32-22-30(55-11)16-17-31(29)32)28(6)47-39(52)24(2)23-43(7,56-12)38(26(4)35(50)27(5)40(53)58-34)59-41-36(51)33(48(9)10)21-25(3)57-41/h16-18,20,22,24-28,33-34,36-38,41,46,51H,13-15,19,21,23H2,1-12H3,(H,47,52)/t24-,25-,26+,27-,28?,33+,34-,36-,37-,38-,41+,43+,44-/m1/s1. The summed E-state index contributed by atoms with van der Waals surface area (Å²) >= 11 is 0. The summed E-state index contributed by atoms with van der Waals surface area (Å²) in [5.74, 6) is -3.84. The van der Waals surface area contributed by atoms with Gasteiger partial charge in [-0.25, -0.2) is 15.2 Å². The molecule has 16 heteroatoms. The predicted octanol–water partition coefficient (Wildman–Crippen LogP) is 4.18. The van der Waals surface area contributed by atoms with Crippen LogP contribution >= 0.6 is 0 Å². The molecule has 1 aromatic heterocycles. The Morgan fingerprint density at radius 2 is 1.78 bits per heavy atom. The van der Waals surface area contributed by atoms with Crippen LogP contribution in [0.4, 0.5) is 4.79 Å². The number of carbonyl (C=O) groups is 4. The highest BCUT2D eigenvalue weighted by Crippen LogP contribution is 2.40. The number of esters is 1. The number of aliphatic hydroxyl groups excluding tert-OH is 1. The van der Waals surface area contributed by atoms with Crippen molar-refractivity contribution in [1.29, 1.82) is 0 Å². The summed E-state index contributed by atoms with van der Waals surface area (Å²) in [5, 5.41) is 16.9. The van der Waals surface area contributed by atoms with Gasteiger partial charge in [-0.05, 0) is 105 Å². The summed E-state index contributed by atoms with van der Waals surface area (Å²) < 4.78 is 36.5. The maximum Gasteiger partial charge on any atom is 0.425 e. The Bertz CT molecular complexity index is 1850. The van der Waals surface area contributed by atoms with Gasteiger partial charge in [-0.2, -0.15) is 0 Å². The van der Waals surface area contributed by atoms with E-state index in [1.54, 1.807) is 54.8 Å². The first-order chi connectivity index (χ1) is 28.3. The molecule has 4 heterocycles. The lowest BCUT2D eigenvalue weighted by molar-refractivity contribution is -0.295. The first kappa shape index (κ1) is 47.1. The minimum Gasteiger partial charge on any atom is -0.497 e. The second kappa shape index (κ2) is 19.4. The van der Waals surface area contributed by atoms with Crippen LogP contribution in [0.15, 0.2) is 30.5 Å². The largest absolute Gasteiger partial charge is 0.497 e.